The van der Waals surface area contributed by atoms with Gasteiger partial charge in [-0.05, 0) is 32.1 Å². The maximum absolute atomic E-state index is 10.5. The molecule has 1 heterocycles. The molecule has 0 radical (unpaired) electrons. The average molecular weight is 211 g/mol. The Balaban J connectivity index is 3.23. The number of nitrogens with zero attached hydrogens (tertiary/aromatic N) is 3. The van der Waals surface area contributed by atoms with Crippen molar-refractivity contribution < 1.29 is 4.92 Å². The van der Waals surface area contributed by atoms with Crippen LogP contribution in [0.1, 0.15) is 24.5 Å². The molecule has 6 heteroatoms. The van der Waals surface area contributed by atoms with Gasteiger partial charge in [-0.3, -0.25) is 10.1 Å². The number of nitro groups is 1. The molecule has 0 saturated carbocycles. The fraction of sp³-hybridized carbons (Fsp3) is 0.500. The molecule has 0 fully saturated rings. The van der Waals surface area contributed by atoms with E-state index in [0.717, 1.165) is 11.3 Å². The van der Waals surface area contributed by atoms with Crippen molar-refractivity contribution in [3.05, 3.63) is 20.8 Å². The van der Waals surface area contributed by atoms with Gasteiger partial charge in [-0.25, -0.2) is 4.98 Å². The lowest BCUT2D eigenvalue weighted by atomic mass is 9.97. The standard InChI is InChI=1S/C8H9N3O2S/c1-5-6(11(12)13)14-7(10-5)8(2,3)4-9/h1-3H3. The molecule has 0 saturated heterocycles. The Morgan fingerprint density at radius 1 is 1.64 bits per heavy atom. The van der Waals surface area contributed by atoms with E-state index in [1.807, 2.05) is 0 Å². The first kappa shape index (κ1) is 10.6. The highest BCUT2D eigenvalue weighted by molar-refractivity contribution is 7.15. The van der Waals surface area contributed by atoms with Crippen LogP contribution in [0, 0.1) is 28.4 Å². The third-order valence-electron chi connectivity index (χ3n) is 1.75. The third kappa shape index (κ3) is 1.72. The van der Waals surface area contributed by atoms with Gasteiger partial charge >= 0.3 is 5.00 Å². The lowest BCUT2D eigenvalue weighted by molar-refractivity contribution is -0.380. The summed E-state index contributed by atoms with van der Waals surface area (Å²) in [6, 6.07) is 2.06. The highest BCUT2D eigenvalue weighted by atomic mass is 32.1. The first-order valence-electron chi connectivity index (χ1n) is 3.92. The van der Waals surface area contributed by atoms with E-state index in [-0.39, 0.29) is 5.00 Å². The van der Waals surface area contributed by atoms with Gasteiger partial charge in [-0.2, -0.15) is 5.26 Å². The number of rotatable bonds is 2. The van der Waals surface area contributed by atoms with Gasteiger partial charge in [0.1, 0.15) is 16.1 Å². The zero-order valence-electron chi connectivity index (χ0n) is 8.07. The van der Waals surface area contributed by atoms with Crippen molar-refractivity contribution in [2.24, 2.45) is 0 Å². The Hall–Kier alpha value is -1.48. The first-order chi connectivity index (χ1) is 6.38. The van der Waals surface area contributed by atoms with Crippen molar-refractivity contribution in [2.75, 3.05) is 0 Å². The highest BCUT2D eigenvalue weighted by Gasteiger charge is 2.28. The normalized spacial score (nSPS) is 11.0. The monoisotopic (exact) mass is 211 g/mol. The van der Waals surface area contributed by atoms with Crippen molar-refractivity contribution >= 4 is 16.3 Å². The van der Waals surface area contributed by atoms with Crippen LogP contribution in [0.25, 0.3) is 0 Å². The van der Waals surface area contributed by atoms with E-state index in [4.69, 9.17) is 5.26 Å². The van der Waals surface area contributed by atoms with Crippen LogP contribution < -0.4 is 0 Å². The molecule has 0 N–H and O–H groups in total. The summed E-state index contributed by atoms with van der Waals surface area (Å²) < 4.78 is 0. The molecule has 0 bridgehead atoms. The van der Waals surface area contributed by atoms with Crippen LogP contribution >= 0.6 is 11.3 Å². The Bertz CT molecular complexity index is 417. The lowest BCUT2D eigenvalue weighted by Crippen LogP contribution is -2.13. The molecule has 5 nitrogen and oxygen atoms in total. The van der Waals surface area contributed by atoms with Gasteiger partial charge in [0.05, 0.1) is 11.0 Å². The molecule has 0 aliphatic carbocycles. The first-order valence-corrected chi connectivity index (χ1v) is 4.73. The van der Waals surface area contributed by atoms with E-state index in [2.05, 4.69) is 11.1 Å². The molecule has 1 rings (SSSR count). The molecule has 14 heavy (non-hydrogen) atoms. The quantitative estimate of drug-likeness (QED) is 0.554. The van der Waals surface area contributed by atoms with Gasteiger partial charge in [-0.15, -0.1) is 0 Å². The van der Waals surface area contributed by atoms with Crippen molar-refractivity contribution in [1.82, 2.24) is 4.98 Å². The van der Waals surface area contributed by atoms with Crippen LogP contribution in [-0.2, 0) is 5.41 Å². The van der Waals surface area contributed by atoms with Gasteiger partial charge < -0.3 is 0 Å². The highest BCUT2D eigenvalue weighted by Crippen LogP contribution is 2.33. The minimum absolute atomic E-state index is 0.0170. The number of nitriles is 1. The molecule has 0 spiro atoms. The predicted molar refractivity (Wildman–Crippen MR) is 52.1 cm³/mol. The maximum atomic E-state index is 10.5. The smallest absolute Gasteiger partial charge is 0.257 e. The van der Waals surface area contributed by atoms with Gasteiger partial charge in [0.25, 0.3) is 0 Å². The Morgan fingerprint density at radius 3 is 2.57 bits per heavy atom. The predicted octanol–water partition coefficient (Wildman–Crippen LogP) is 2.16. The summed E-state index contributed by atoms with van der Waals surface area (Å²) in [5, 5.41) is 19.9. The second-order valence-corrected chi connectivity index (χ2v) is 4.38. The van der Waals surface area contributed by atoms with Crippen LogP contribution in [0.4, 0.5) is 5.00 Å². The number of aryl methyl sites for hydroxylation is 1. The second kappa shape index (κ2) is 3.35. The Kier molecular flexibility index (Phi) is 2.53. The summed E-state index contributed by atoms with van der Waals surface area (Å²) in [5.74, 6) is 0. The number of hydrogen-bond acceptors (Lipinski definition) is 5. The maximum Gasteiger partial charge on any atom is 0.346 e. The van der Waals surface area contributed by atoms with E-state index in [1.54, 1.807) is 20.8 Å². The fourth-order valence-corrected chi connectivity index (χ4v) is 1.81. The summed E-state index contributed by atoms with van der Waals surface area (Å²) in [4.78, 5) is 14.1. The van der Waals surface area contributed by atoms with Crippen molar-refractivity contribution in [1.29, 1.82) is 5.26 Å². The molecule has 1 aromatic heterocycles. The minimum Gasteiger partial charge on any atom is -0.257 e. The van der Waals surface area contributed by atoms with Crippen LogP contribution in [0.3, 0.4) is 0 Å². The van der Waals surface area contributed by atoms with Crippen molar-refractivity contribution in [3.63, 3.8) is 0 Å². The SMILES string of the molecule is Cc1nc(C(C)(C)C#N)sc1[N+](=O)[O-]. The van der Waals surface area contributed by atoms with Gasteiger partial charge in [-0.1, -0.05) is 0 Å². The number of thiazole rings is 1. The molecule has 74 valence electrons. The number of aromatic nitrogens is 1. The Morgan fingerprint density at radius 2 is 2.21 bits per heavy atom. The van der Waals surface area contributed by atoms with E-state index >= 15 is 0 Å². The lowest BCUT2D eigenvalue weighted by Gasteiger charge is -2.09. The molecule has 0 atom stereocenters. The van der Waals surface area contributed by atoms with Crippen LogP contribution in [0.5, 0.6) is 0 Å². The summed E-state index contributed by atoms with van der Waals surface area (Å²) in [6.45, 7) is 4.95. The fourth-order valence-electron chi connectivity index (χ4n) is 0.873. The third-order valence-corrected chi connectivity index (χ3v) is 3.18. The zero-order valence-corrected chi connectivity index (χ0v) is 8.88. The average Bonchev–Trinajstić information content (AvgIpc) is 2.48. The molecular formula is C8H9N3O2S. The van der Waals surface area contributed by atoms with Gasteiger partial charge in [0, 0.05) is 0 Å². The number of hydrogen-bond donors (Lipinski definition) is 0. The molecule has 1 aromatic rings. The second-order valence-electron chi connectivity index (χ2n) is 3.40. The van der Waals surface area contributed by atoms with E-state index < -0.39 is 10.3 Å². The largest absolute Gasteiger partial charge is 0.346 e. The molecule has 0 aromatic carbocycles. The van der Waals surface area contributed by atoms with E-state index in [9.17, 15) is 10.1 Å². The summed E-state index contributed by atoms with van der Waals surface area (Å²) in [6.07, 6.45) is 0. The van der Waals surface area contributed by atoms with Gasteiger partial charge in [0.2, 0.25) is 0 Å². The summed E-state index contributed by atoms with van der Waals surface area (Å²) in [5.41, 5.74) is -0.387. The molecule has 0 unspecified atom stereocenters. The molecular weight excluding hydrogens is 202 g/mol. The molecule has 0 aliphatic rings. The minimum atomic E-state index is -0.760. The van der Waals surface area contributed by atoms with Crippen LogP contribution in [0.2, 0.25) is 0 Å². The zero-order chi connectivity index (χ0) is 10.9. The van der Waals surface area contributed by atoms with Crippen LogP contribution in [0.15, 0.2) is 0 Å². The van der Waals surface area contributed by atoms with Crippen LogP contribution in [-0.4, -0.2) is 9.91 Å². The van der Waals surface area contributed by atoms with Gasteiger partial charge in [0.15, 0.2) is 0 Å². The summed E-state index contributed by atoms with van der Waals surface area (Å²) >= 11 is 0.966. The molecule has 0 aliphatic heterocycles. The topological polar surface area (TPSA) is 79.8 Å². The summed E-state index contributed by atoms with van der Waals surface area (Å²) in [7, 11) is 0. The van der Waals surface area contributed by atoms with E-state index in [0.29, 0.717) is 10.7 Å². The van der Waals surface area contributed by atoms with E-state index in [1.165, 1.54) is 0 Å². The van der Waals surface area contributed by atoms with Crippen molar-refractivity contribution in [3.8, 4) is 6.07 Å². The Labute approximate surface area is 85.2 Å². The molecule has 0 amide bonds. The van der Waals surface area contributed by atoms with Crippen molar-refractivity contribution in [2.45, 2.75) is 26.2 Å².